The van der Waals surface area contributed by atoms with E-state index in [1.54, 1.807) is 14.2 Å². The molecular weight excluding hydrogens is 332 g/mol. The Balaban J connectivity index is 2.21. The van der Waals surface area contributed by atoms with Crippen molar-refractivity contribution in [2.45, 2.75) is 19.4 Å². The number of aryl methyl sites for hydroxylation is 1. The number of benzene rings is 2. The predicted octanol–water partition coefficient (Wildman–Crippen LogP) is 4.05. The number of rotatable bonds is 5. The molecule has 0 aliphatic carbocycles. The molecule has 21 heavy (non-hydrogen) atoms. The monoisotopic (exact) mass is 350 g/mol. The van der Waals surface area contributed by atoms with Crippen LogP contribution in [-0.2, 0) is 6.42 Å². The Morgan fingerprint density at radius 2 is 1.76 bits per heavy atom. The number of ether oxygens (including phenoxy) is 2. The molecule has 0 heterocycles. The molecule has 1 unspecified atom stereocenters. The maximum Gasteiger partial charge on any atom is 0.160 e. The first-order valence-electron chi connectivity index (χ1n) is 6.70. The summed E-state index contributed by atoms with van der Waals surface area (Å²) in [5.74, 6) is 1.36. The van der Waals surface area contributed by atoms with Gasteiger partial charge in [0.1, 0.15) is 0 Å². The van der Waals surface area contributed by atoms with Gasteiger partial charge < -0.3 is 14.6 Å². The van der Waals surface area contributed by atoms with E-state index in [0.29, 0.717) is 17.9 Å². The van der Waals surface area contributed by atoms with Crippen molar-refractivity contribution in [2.24, 2.45) is 0 Å². The van der Waals surface area contributed by atoms with Gasteiger partial charge in [0.25, 0.3) is 0 Å². The van der Waals surface area contributed by atoms with E-state index in [1.807, 2.05) is 43.3 Å². The molecule has 0 bridgehead atoms. The van der Waals surface area contributed by atoms with Crippen LogP contribution in [0.3, 0.4) is 0 Å². The normalized spacial score (nSPS) is 12.0. The number of aliphatic hydroxyl groups is 1. The van der Waals surface area contributed by atoms with Crippen molar-refractivity contribution in [3.63, 3.8) is 0 Å². The standard InChI is InChI=1S/C17H19BrO3/c1-11-4-6-13(14(18)8-11)15(19)9-12-5-7-16(20-2)17(10-12)21-3/h4-8,10,15,19H,9H2,1-3H3. The molecule has 0 aliphatic heterocycles. The lowest BCUT2D eigenvalue weighted by Crippen LogP contribution is -2.03. The van der Waals surface area contributed by atoms with Crippen LogP contribution in [0.5, 0.6) is 11.5 Å². The van der Waals surface area contributed by atoms with Crippen LogP contribution in [0.4, 0.5) is 0 Å². The second-order valence-electron chi connectivity index (χ2n) is 4.93. The van der Waals surface area contributed by atoms with E-state index < -0.39 is 6.10 Å². The summed E-state index contributed by atoms with van der Waals surface area (Å²) < 4.78 is 11.4. The highest BCUT2D eigenvalue weighted by molar-refractivity contribution is 9.10. The lowest BCUT2D eigenvalue weighted by atomic mass is 10.0. The van der Waals surface area contributed by atoms with E-state index in [1.165, 1.54) is 0 Å². The number of hydrogen-bond donors (Lipinski definition) is 1. The molecule has 4 heteroatoms. The van der Waals surface area contributed by atoms with E-state index in [9.17, 15) is 5.11 Å². The van der Waals surface area contributed by atoms with Crippen LogP contribution < -0.4 is 9.47 Å². The van der Waals surface area contributed by atoms with Crippen LogP contribution in [0.1, 0.15) is 22.8 Å². The summed E-state index contributed by atoms with van der Waals surface area (Å²) in [6.45, 7) is 2.02. The molecule has 0 aromatic heterocycles. The van der Waals surface area contributed by atoms with E-state index in [4.69, 9.17) is 9.47 Å². The van der Waals surface area contributed by atoms with E-state index in [2.05, 4.69) is 15.9 Å². The topological polar surface area (TPSA) is 38.7 Å². The largest absolute Gasteiger partial charge is 0.493 e. The molecule has 1 atom stereocenters. The Morgan fingerprint density at radius 1 is 1.05 bits per heavy atom. The Bertz CT molecular complexity index is 625. The third kappa shape index (κ3) is 3.77. The maximum atomic E-state index is 10.4. The van der Waals surface area contributed by atoms with Gasteiger partial charge in [-0.15, -0.1) is 0 Å². The molecule has 0 spiro atoms. The van der Waals surface area contributed by atoms with Crippen LogP contribution in [0.25, 0.3) is 0 Å². The Labute approximate surface area is 133 Å². The number of halogens is 1. The molecule has 1 N–H and O–H groups in total. The van der Waals surface area contributed by atoms with Gasteiger partial charge in [0.05, 0.1) is 20.3 Å². The van der Waals surface area contributed by atoms with Crippen molar-refractivity contribution in [1.82, 2.24) is 0 Å². The van der Waals surface area contributed by atoms with Crippen molar-refractivity contribution in [1.29, 1.82) is 0 Å². The summed E-state index contributed by atoms with van der Waals surface area (Å²) in [5, 5.41) is 10.4. The minimum atomic E-state index is -0.571. The molecule has 2 aromatic rings. The number of methoxy groups -OCH3 is 2. The van der Waals surface area contributed by atoms with E-state index >= 15 is 0 Å². The zero-order valence-corrected chi connectivity index (χ0v) is 14.0. The highest BCUT2D eigenvalue weighted by Gasteiger charge is 2.13. The van der Waals surface area contributed by atoms with Gasteiger partial charge in [-0.1, -0.05) is 34.1 Å². The number of hydrogen-bond acceptors (Lipinski definition) is 3. The van der Waals surface area contributed by atoms with Gasteiger partial charge >= 0.3 is 0 Å². The fraction of sp³-hybridized carbons (Fsp3) is 0.294. The van der Waals surface area contributed by atoms with E-state index in [0.717, 1.165) is 21.2 Å². The summed E-state index contributed by atoms with van der Waals surface area (Å²) in [7, 11) is 3.21. The Kier molecular flexibility index (Phi) is 5.26. The molecule has 0 saturated carbocycles. The highest BCUT2D eigenvalue weighted by atomic mass is 79.9. The average molecular weight is 351 g/mol. The lowest BCUT2D eigenvalue weighted by Gasteiger charge is -2.15. The second kappa shape index (κ2) is 6.96. The van der Waals surface area contributed by atoms with Gasteiger partial charge in [-0.2, -0.15) is 0 Å². The van der Waals surface area contributed by atoms with Crippen molar-refractivity contribution < 1.29 is 14.6 Å². The fourth-order valence-corrected chi connectivity index (χ4v) is 3.00. The predicted molar refractivity (Wildman–Crippen MR) is 87.1 cm³/mol. The lowest BCUT2D eigenvalue weighted by molar-refractivity contribution is 0.177. The first-order chi connectivity index (χ1) is 10.0. The number of aliphatic hydroxyl groups excluding tert-OH is 1. The molecule has 0 radical (unpaired) electrons. The molecule has 0 saturated heterocycles. The maximum absolute atomic E-state index is 10.4. The zero-order chi connectivity index (χ0) is 15.4. The summed E-state index contributed by atoms with van der Waals surface area (Å²) in [6, 6.07) is 11.6. The fourth-order valence-electron chi connectivity index (χ4n) is 2.24. The van der Waals surface area contributed by atoms with Gasteiger partial charge in [-0.25, -0.2) is 0 Å². The summed E-state index contributed by atoms with van der Waals surface area (Å²) >= 11 is 3.51. The molecule has 0 fully saturated rings. The molecule has 2 aromatic carbocycles. The minimum Gasteiger partial charge on any atom is -0.493 e. The van der Waals surface area contributed by atoms with Crippen LogP contribution in [0.2, 0.25) is 0 Å². The third-order valence-electron chi connectivity index (χ3n) is 3.39. The quantitative estimate of drug-likeness (QED) is 0.883. The van der Waals surface area contributed by atoms with Crippen LogP contribution in [-0.4, -0.2) is 19.3 Å². The molecule has 112 valence electrons. The van der Waals surface area contributed by atoms with E-state index in [-0.39, 0.29) is 0 Å². The molecule has 3 nitrogen and oxygen atoms in total. The third-order valence-corrected chi connectivity index (χ3v) is 4.08. The molecule has 0 amide bonds. The van der Waals surface area contributed by atoms with Gasteiger partial charge in [0.2, 0.25) is 0 Å². The van der Waals surface area contributed by atoms with Gasteiger partial charge in [0.15, 0.2) is 11.5 Å². The van der Waals surface area contributed by atoms with Crippen molar-refractivity contribution in [3.05, 3.63) is 57.6 Å². The van der Waals surface area contributed by atoms with Gasteiger partial charge in [-0.05, 0) is 41.8 Å². The Hall–Kier alpha value is -1.52. The smallest absolute Gasteiger partial charge is 0.160 e. The van der Waals surface area contributed by atoms with Crippen LogP contribution >= 0.6 is 15.9 Å². The summed E-state index contributed by atoms with van der Waals surface area (Å²) in [4.78, 5) is 0. The first kappa shape index (κ1) is 15.9. The molecular formula is C17H19BrO3. The first-order valence-corrected chi connectivity index (χ1v) is 7.49. The molecule has 0 aliphatic rings. The summed E-state index contributed by atoms with van der Waals surface area (Å²) in [6.07, 6.45) is -0.0553. The highest BCUT2D eigenvalue weighted by Crippen LogP contribution is 2.31. The van der Waals surface area contributed by atoms with Crippen molar-refractivity contribution in [3.8, 4) is 11.5 Å². The van der Waals surface area contributed by atoms with Crippen molar-refractivity contribution in [2.75, 3.05) is 14.2 Å². The van der Waals surface area contributed by atoms with Gasteiger partial charge in [-0.3, -0.25) is 0 Å². The SMILES string of the molecule is COc1ccc(CC(O)c2ccc(C)cc2Br)cc1OC. The van der Waals surface area contributed by atoms with Crippen LogP contribution in [0, 0.1) is 6.92 Å². The zero-order valence-electron chi connectivity index (χ0n) is 12.4. The Morgan fingerprint density at radius 3 is 2.38 bits per heavy atom. The van der Waals surface area contributed by atoms with Crippen LogP contribution in [0.15, 0.2) is 40.9 Å². The van der Waals surface area contributed by atoms with Gasteiger partial charge in [0, 0.05) is 10.9 Å². The minimum absolute atomic E-state index is 0.516. The van der Waals surface area contributed by atoms with Crippen molar-refractivity contribution >= 4 is 15.9 Å². The summed E-state index contributed by atoms with van der Waals surface area (Å²) in [5.41, 5.74) is 3.03. The molecule has 2 rings (SSSR count). The second-order valence-corrected chi connectivity index (χ2v) is 5.79. The average Bonchev–Trinajstić information content (AvgIpc) is 2.46.